The monoisotopic (exact) mass is 299 g/mol. The molecule has 0 spiro atoms. The highest BCUT2D eigenvalue weighted by molar-refractivity contribution is 9.10. The van der Waals surface area contributed by atoms with E-state index in [-0.39, 0.29) is 0 Å². The molecule has 3 heteroatoms. The lowest BCUT2D eigenvalue weighted by molar-refractivity contribution is 0.165. The highest BCUT2D eigenvalue weighted by Gasteiger charge is 2.21. The maximum absolute atomic E-state index is 12.9. The lowest BCUT2D eigenvalue weighted by atomic mass is 9.89. The minimum Gasteiger partial charge on any atom is -0.300 e. The molecule has 1 fully saturated rings. The Hall–Kier alpha value is -0.410. The van der Waals surface area contributed by atoms with Crippen molar-refractivity contribution in [2.45, 2.75) is 31.9 Å². The van der Waals surface area contributed by atoms with Gasteiger partial charge in [-0.2, -0.15) is 0 Å². The van der Waals surface area contributed by atoms with Gasteiger partial charge in [-0.1, -0.05) is 28.1 Å². The molecule has 1 atom stereocenters. The summed E-state index contributed by atoms with van der Waals surface area (Å²) in [6.45, 7) is 4.28. The van der Waals surface area contributed by atoms with Crippen LogP contribution in [0.2, 0.25) is 0 Å². The second-order valence-corrected chi connectivity index (χ2v) is 5.82. The van der Waals surface area contributed by atoms with Crippen molar-refractivity contribution in [2.75, 3.05) is 19.6 Å². The molecule has 1 aromatic rings. The molecule has 1 heterocycles. The van der Waals surface area contributed by atoms with Crippen molar-refractivity contribution < 1.29 is 4.39 Å². The zero-order valence-electron chi connectivity index (χ0n) is 10.2. The van der Waals surface area contributed by atoms with Crippen LogP contribution in [0.5, 0.6) is 0 Å². The van der Waals surface area contributed by atoms with Crippen LogP contribution in [0.15, 0.2) is 28.7 Å². The van der Waals surface area contributed by atoms with Crippen molar-refractivity contribution in [1.82, 2.24) is 4.90 Å². The summed E-state index contributed by atoms with van der Waals surface area (Å²) in [6, 6.07) is 8.60. The molecule has 1 aromatic carbocycles. The number of alkyl halides is 1. The maximum atomic E-state index is 12.9. The smallest absolute Gasteiger partial charge is 0.110 e. The van der Waals surface area contributed by atoms with Gasteiger partial charge >= 0.3 is 0 Å². The summed E-state index contributed by atoms with van der Waals surface area (Å²) in [5, 5.41) is 0. The molecule has 0 aliphatic carbocycles. The van der Waals surface area contributed by atoms with Gasteiger partial charge in [0.15, 0.2) is 0 Å². The van der Waals surface area contributed by atoms with Gasteiger partial charge in [-0.05, 0) is 56.5 Å². The first-order chi connectivity index (χ1) is 8.15. The Bertz CT molecular complexity index is 342. The molecular weight excluding hydrogens is 281 g/mol. The first-order valence-corrected chi connectivity index (χ1v) is 7.06. The molecule has 0 saturated carbocycles. The van der Waals surface area contributed by atoms with Crippen LogP contribution in [0, 0.1) is 0 Å². The van der Waals surface area contributed by atoms with Gasteiger partial charge in [-0.3, -0.25) is 0 Å². The van der Waals surface area contributed by atoms with E-state index in [4.69, 9.17) is 0 Å². The summed E-state index contributed by atoms with van der Waals surface area (Å²) in [5.41, 5.74) is 1.42. The molecule has 0 N–H and O–H groups in total. The fourth-order valence-corrected chi connectivity index (χ4v) is 2.80. The zero-order chi connectivity index (χ0) is 12.3. The zero-order valence-corrected chi connectivity index (χ0v) is 11.8. The van der Waals surface area contributed by atoms with Gasteiger partial charge in [0.05, 0.1) is 0 Å². The lowest BCUT2D eigenvalue weighted by Crippen LogP contribution is -2.36. The van der Waals surface area contributed by atoms with E-state index in [2.05, 4.69) is 45.1 Å². The summed E-state index contributed by atoms with van der Waals surface area (Å²) < 4.78 is 14.0. The summed E-state index contributed by atoms with van der Waals surface area (Å²) >= 11 is 3.46. The van der Waals surface area contributed by atoms with Crippen molar-refractivity contribution in [3.05, 3.63) is 34.3 Å². The van der Waals surface area contributed by atoms with Gasteiger partial charge in [-0.25, -0.2) is 4.39 Å². The molecule has 0 aromatic heterocycles. The van der Waals surface area contributed by atoms with Gasteiger partial charge < -0.3 is 4.90 Å². The molecule has 0 radical (unpaired) electrons. The second-order valence-electron chi connectivity index (χ2n) is 4.91. The Labute approximate surface area is 111 Å². The fourth-order valence-electron chi connectivity index (χ4n) is 2.54. The molecule has 2 rings (SSSR count). The van der Waals surface area contributed by atoms with E-state index in [1.807, 2.05) is 0 Å². The number of likely N-dealkylation sites (tertiary alicyclic amines) is 1. The number of piperidine rings is 1. The third-order valence-corrected chi connectivity index (χ3v) is 3.97. The molecule has 1 aliphatic heterocycles. The molecule has 17 heavy (non-hydrogen) atoms. The van der Waals surface area contributed by atoms with Crippen molar-refractivity contribution in [2.24, 2.45) is 0 Å². The topological polar surface area (TPSA) is 3.24 Å². The molecule has 1 aliphatic rings. The Morgan fingerprint density at radius 1 is 1.29 bits per heavy atom. The van der Waals surface area contributed by atoms with E-state index < -0.39 is 6.17 Å². The minimum absolute atomic E-state index is 0.590. The molecular formula is C14H19BrFN. The van der Waals surface area contributed by atoms with Gasteiger partial charge in [0.2, 0.25) is 0 Å². The molecule has 0 amide bonds. The Morgan fingerprint density at radius 3 is 2.41 bits per heavy atom. The highest BCUT2D eigenvalue weighted by atomic mass is 79.9. The first-order valence-electron chi connectivity index (χ1n) is 6.27. The van der Waals surface area contributed by atoms with E-state index in [9.17, 15) is 4.39 Å². The van der Waals surface area contributed by atoms with E-state index in [0.717, 1.165) is 30.4 Å². The fraction of sp³-hybridized carbons (Fsp3) is 0.571. The number of hydrogen-bond acceptors (Lipinski definition) is 1. The van der Waals surface area contributed by atoms with E-state index in [0.29, 0.717) is 12.5 Å². The summed E-state index contributed by atoms with van der Waals surface area (Å²) in [7, 11) is 0. The quantitative estimate of drug-likeness (QED) is 0.816. The standard InChI is InChI=1S/C14H19BrFN/c1-11(16)10-17-8-6-13(7-9-17)12-2-4-14(15)5-3-12/h2-5,11,13H,6-10H2,1H3/t11-/m0/s1. The Balaban J connectivity index is 1.88. The van der Waals surface area contributed by atoms with Crippen LogP contribution in [0.3, 0.4) is 0 Å². The largest absolute Gasteiger partial charge is 0.300 e. The van der Waals surface area contributed by atoms with E-state index >= 15 is 0 Å². The van der Waals surface area contributed by atoms with Crippen LogP contribution in [-0.2, 0) is 0 Å². The minimum atomic E-state index is -0.709. The Kier molecular flexibility index (Phi) is 4.57. The third-order valence-electron chi connectivity index (χ3n) is 3.44. The lowest BCUT2D eigenvalue weighted by Gasteiger charge is -2.32. The molecule has 0 unspecified atom stereocenters. The molecule has 94 valence electrons. The van der Waals surface area contributed by atoms with Crippen molar-refractivity contribution in [3.63, 3.8) is 0 Å². The van der Waals surface area contributed by atoms with E-state index in [1.54, 1.807) is 6.92 Å². The van der Waals surface area contributed by atoms with Gasteiger partial charge in [0.1, 0.15) is 6.17 Å². The number of hydrogen-bond donors (Lipinski definition) is 0. The first kappa shape index (κ1) is 13.0. The van der Waals surface area contributed by atoms with E-state index in [1.165, 1.54) is 5.56 Å². The highest BCUT2D eigenvalue weighted by Crippen LogP contribution is 2.28. The van der Waals surface area contributed by atoms with Crippen LogP contribution in [0.4, 0.5) is 4.39 Å². The Morgan fingerprint density at radius 2 is 1.88 bits per heavy atom. The predicted molar refractivity (Wildman–Crippen MR) is 73.1 cm³/mol. The average Bonchev–Trinajstić information content (AvgIpc) is 2.30. The van der Waals surface area contributed by atoms with Crippen LogP contribution in [0.25, 0.3) is 0 Å². The van der Waals surface area contributed by atoms with Crippen molar-refractivity contribution >= 4 is 15.9 Å². The van der Waals surface area contributed by atoms with Gasteiger partial charge in [0.25, 0.3) is 0 Å². The predicted octanol–water partition coefficient (Wildman–Crippen LogP) is 3.99. The number of rotatable bonds is 3. The van der Waals surface area contributed by atoms with Crippen LogP contribution in [-0.4, -0.2) is 30.7 Å². The summed E-state index contributed by atoms with van der Waals surface area (Å²) in [6.07, 6.45) is 1.59. The van der Waals surface area contributed by atoms with Crippen LogP contribution < -0.4 is 0 Å². The van der Waals surface area contributed by atoms with Crippen molar-refractivity contribution in [1.29, 1.82) is 0 Å². The van der Waals surface area contributed by atoms with Gasteiger partial charge in [-0.15, -0.1) is 0 Å². The number of benzene rings is 1. The number of nitrogens with zero attached hydrogens (tertiary/aromatic N) is 1. The molecule has 1 saturated heterocycles. The SMILES string of the molecule is C[C@H](F)CN1CCC(c2ccc(Br)cc2)CC1. The van der Waals surface area contributed by atoms with Crippen LogP contribution in [0.1, 0.15) is 31.2 Å². The summed E-state index contributed by atoms with van der Waals surface area (Å²) in [4.78, 5) is 2.24. The van der Waals surface area contributed by atoms with Crippen molar-refractivity contribution in [3.8, 4) is 0 Å². The third kappa shape index (κ3) is 3.78. The summed E-state index contributed by atoms with van der Waals surface area (Å²) in [5.74, 6) is 0.647. The number of halogens is 2. The molecule has 1 nitrogen and oxygen atoms in total. The average molecular weight is 300 g/mol. The van der Waals surface area contributed by atoms with Gasteiger partial charge in [0, 0.05) is 11.0 Å². The normalized spacial score (nSPS) is 20.4. The molecule has 0 bridgehead atoms. The second kappa shape index (κ2) is 5.96. The van der Waals surface area contributed by atoms with Crippen LogP contribution >= 0.6 is 15.9 Å². The maximum Gasteiger partial charge on any atom is 0.110 e.